The lowest BCUT2D eigenvalue weighted by Gasteiger charge is -2.42. The molecule has 0 spiro atoms. The van der Waals surface area contributed by atoms with Crippen molar-refractivity contribution in [2.75, 3.05) is 38.5 Å². The zero-order chi connectivity index (χ0) is 22.3. The molecule has 1 heterocycles. The van der Waals surface area contributed by atoms with E-state index in [0.29, 0.717) is 32.1 Å². The second-order valence-corrected chi connectivity index (χ2v) is 8.74. The smallest absolute Gasteiger partial charge is 0.254 e. The van der Waals surface area contributed by atoms with Gasteiger partial charge in [-0.15, -0.1) is 0 Å². The first-order valence-electron chi connectivity index (χ1n) is 11.1. The Morgan fingerprint density at radius 1 is 1.03 bits per heavy atom. The second-order valence-electron chi connectivity index (χ2n) is 8.37. The molecule has 6 heteroatoms. The molecule has 0 radical (unpaired) electrons. The van der Waals surface area contributed by atoms with Crippen LogP contribution in [0.15, 0.2) is 72.8 Å². The summed E-state index contributed by atoms with van der Waals surface area (Å²) in [5.74, 6) is 0.709. The van der Waals surface area contributed by atoms with Crippen molar-refractivity contribution in [3.8, 4) is 0 Å². The van der Waals surface area contributed by atoms with Gasteiger partial charge in [-0.1, -0.05) is 66.7 Å². The summed E-state index contributed by atoms with van der Waals surface area (Å²) in [7, 11) is 0. The molecule has 0 aromatic heterocycles. The molecule has 3 aromatic rings. The maximum absolute atomic E-state index is 13.5. The Bertz CT molecular complexity index is 1020. The minimum absolute atomic E-state index is 0.00437. The van der Waals surface area contributed by atoms with Crippen LogP contribution in [0.4, 0.5) is 0 Å². The van der Waals surface area contributed by atoms with Crippen molar-refractivity contribution < 1.29 is 9.53 Å². The normalized spacial score (nSPS) is 18.1. The third-order valence-electron chi connectivity index (χ3n) is 6.04. The van der Waals surface area contributed by atoms with E-state index in [0.717, 1.165) is 35.0 Å². The number of carbonyl (C=O) groups is 1. The molecule has 2 N–H and O–H groups in total. The van der Waals surface area contributed by atoms with Crippen LogP contribution in [0.3, 0.4) is 0 Å². The number of piperazine rings is 1. The quantitative estimate of drug-likeness (QED) is 0.517. The molecule has 1 aliphatic rings. The lowest BCUT2D eigenvalue weighted by Crippen LogP contribution is -2.58. The van der Waals surface area contributed by atoms with Gasteiger partial charge in [0.15, 0.2) is 0 Å². The number of hydrogen-bond acceptors (Lipinski definition) is 5. The van der Waals surface area contributed by atoms with Gasteiger partial charge in [0, 0.05) is 43.5 Å². The summed E-state index contributed by atoms with van der Waals surface area (Å²) in [4.78, 5) is 17.8. The zero-order valence-corrected chi connectivity index (χ0v) is 19.2. The molecule has 32 heavy (non-hydrogen) atoms. The summed E-state index contributed by atoms with van der Waals surface area (Å²) in [5, 5.41) is 2.08. The Hall–Kier alpha value is -2.38. The highest BCUT2D eigenvalue weighted by atomic mass is 32.1. The average molecular weight is 450 g/mol. The van der Waals surface area contributed by atoms with Crippen molar-refractivity contribution in [3.63, 3.8) is 0 Å². The predicted octanol–water partition coefficient (Wildman–Crippen LogP) is 3.44. The van der Waals surface area contributed by atoms with Gasteiger partial charge in [-0.25, -0.2) is 0 Å². The Labute approximate surface area is 195 Å². The molecule has 3 aromatic carbocycles. The zero-order valence-electron chi connectivity index (χ0n) is 18.3. The number of benzene rings is 3. The lowest BCUT2D eigenvalue weighted by atomic mass is 10.0. The highest BCUT2D eigenvalue weighted by Gasteiger charge is 2.31. The molecule has 4 rings (SSSR count). The molecular formula is C26H31N3O2S. The Kier molecular flexibility index (Phi) is 7.81. The number of carbonyl (C=O) groups excluding carboxylic acids is 1. The molecule has 2 atom stereocenters. The number of nitrogens with zero attached hydrogens (tertiary/aromatic N) is 2. The third kappa shape index (κ3) is 5.51. The first-order valence-corrected chi connectivity index (χ1v) is 11.8. The van der Waals surface area contributed by atoms with Gasteiger partial charge in [0.2, 0.25) is 0 Å². The highest BCUT2D eigenvalue weighted by Crippen LogP contribution is 2.22. The fourth-order valence-electron chi connectivity index (χ4n) is 4.30. The molecule has 1 amide bonds. The van der Waals surface area contributed by atoms with E-state index < -0.39 is 0 Å². The van der Waals surface area contributed by atoms with E-state index in [1.807, 2.05) is 65.6 Å². The lowest BCUT2D eigenvalue weighted by molar-refractivity contribution is 0.00468. The van der Waals surface area contributed by atoms with Crippen LogP contribution in [0.5, 0.6) is 0 Å². The van der Waals surface area contributed by atoms with Crippen LogP contribution < -0.4 is 5.73 Å². The van der Waals surface area contributed by atoms with Crippen molar-refractivity contribution in [2.45, 2.75) is 18.7 Å². The van der Waals surface area contributed by atoms with Crippen LogP contribution in [0.25, 0.3) is 10.8 Å². The van der Waals surface area contributed by atoms with E-state index in [9.17, 15) is 4.79 Å². The molecule has 1 aliphatic heterocycles. The molecular weight excluding hydrogens is 418 g/mol. The van der Waals surface area contributed by atoms with E-state index in [2.05, 4.69) is 29.7 Å². The monoisotopic (exact) mass is 449 g/mol. The van der Waals surface area contributed by atoms with Crippen LogP contribution in [0.2, 0.25) is 0 Å². The fourth-order valence-corrected chi connectivity index (χ4v) is 4.42. The van der Waals surface area contributed by atoms with Crippen molar-refractivity contribution in [1.29, 1.82) is 0 Å². The number of amides is 1. The van der Waals surface area contributed by atoms with E-state index in [1.165, 1.54) is 0 Å². The Balaban J connectivity index is 1.47. The summed E-state index contributed by atoms with van der Waals surface area (Å²) < 4.78 is 6.07. The van der Waals surface area contributed by atoms with Crippen LogP contribution >= 0.6 is 12.6 Å². The maximum atomic E-state index is 13.5. The summed E-state index contributed by atoms with van der Waals surface area (Å²) in [6.07, 6.45) is 0. The second kappa shape index (κ2) is 11.0. The molecule has 0 saturated carbocycles. The highest BCUT2D eigenvalue weighted by molar-refractivity contribution is 7.80. The van der Waals surface area contributed by atoms with Crippen LogP contribution in [-0.2, 0) is 11.3 Å². The molecule has 1 fully saturated rings. The fraction of sp³-hybridized carbons (Fsp3) is 0.346. The van der Waals surface area contributed by atoms with Crippen molar-refractivity contribution >= 4 is 29.3 Å². The van der Waals surface area contributed by atoms with E-state index in [-0.39, 0.29) is 18.0 Å². The number of thiol groups is 1. The molecule has 168 valence electrons. The number of nitrogens with two attached hydrogens (primary N) is 1. The van der Waals surface area contributed by atoms with Crippen LogP contribution in [0.1, 0.15) is 15.9 Å². The number of ether oxygens (including phenoxy) is 1. The van der Waals surface area contributed by atoms with Crippen molar-refractivity contribution in [2.24, 2.45) is 5.73 Å². The van der Waals surface area contributed by atoms with Gasteiger partial charge in [0.05, 0.1) is 19.3 Å². The van der Waals surface area contributed by atoms with Crippen molar-refractivity contribution in [1.82, 2.24) is 9.80 Å². The largest absolute Gasteiger partial charge is 0.375 e. The molecule has 1 saturated heterocycles. The van der Waals surface area contributed by atoms with Gasteiger partial charge >= 0.3 is 0 Å². The van der Waals surface area contributed by atoms with Gasteiger partial charge in [-0.2, -0.15) is 12.6 Å². The first kappa shape index (κ1) is 22.8. The topological polar surface area (TPSA) is 58.8 Å². The Morgan fingerprint density at radius 2 is 1.78 bits per heavy atom. The van der Waals surface area contributed by atoms with Gasteiger partial charge < -0.3 is 15.4 Å². The van der Waals surface area contributed by atoms with E-state index in [4.69, 9.17) is 10.5 Å². The average Bonchev–Trinajstić information content (AvgIpc) is 2.84. The molecule has 0 aliphatic carbocycles. The molecule has 2 unspecified atom stereocenters. The van der Waals surface area contributed by atoms with Crippen molar-refractivity contribution in [3.05, 3.63) is 83.9 Å². The summed E-state index contributed by atoms with van der Waals surface area (Å²) >= 11 is 4.35. The number of rotatable bonds is 8. The minimum atomic E-state index is -0.00437. The van der Waals surface area contributed by atoms with Crippen LogP contribution in [0, 0.1) is 0 Å². The first-order chi connectivity index (χ1) is 15.7. The molecule has 5 nitrogen and oxygen atoms in total. The Morgan fingerprint density at radius 3 is 2.59 bits per heavy atom. The van der Waals surface area contributed by atoms with Gasteiger partial charge in [0.1, 0.15) is 0 Å². The van der Waals surface area contributed by atoms with Crippen LogP contribution in [-0.4, -0.2) is 66.3 Å². The summed E-state index contributed by atoms with van der Waals surface area (Å²) in [6, 6.07) is 24.2. The predicted molar refractivity (Wildman–Crippen MR) is 133 cm³/mol. The van der Waals surface area contributed by atoms with Gasteiger partial charge in [-0.3, -0.25) is 9.69 Å². The van der Waals surface area contributed by atoms with E-state index >= 15 is 0 Å². The van der Waals surface area contributed by atoms with Gasteiger partial charge in [0.25, 0.3) is 5.91 Å². The third-order valence-corrected chi connectivity index (χ3v) is 6.51. The number of fused-ring (bicyclic) bond motifs is 1. The van der Waals surface area contributed by atoms with Gasteiger partial charge in [-0.05, 0) is 22.4 Å². The summed E-state index contributed by atoms with van der Waals surface area (Å²) in [6.45, 7) is 3.93. The minimum Gasteiger partial charge on any atom is -0.375 e. The standard InChI is InChI=1S/C26H31N3O2S/c27-22(19-32)15-28-13-14-29(16-23(28)18-31-17-20-7-2-1-3-8-20)26(30)25-12-6-10-21-9-4-5-11-24(21)25/h1-12,22-23,32H,13-19,27H2. The summed E-state index contributed by atoms with van der Waals surface area (Å²) in [5.41, 5.74) is 8.10. The molecule has 0 bridgehead atoms. The van der Waals surface area contributed by atoms with E-state index in [1.54, 1.807) is 0 Å². The number of hydrogen-bond donors (Lipinski definition) is 2. The maximum Gasteiger partial charge on any atom is 0.254 e. The SMILES string of the molecule is NC(CS)CN1CCN(C(=O)c2cccc3ccccc23)CC1COCc1ccccc1.